The summed E-state index contributed by atoms with van der Waals surface area (Å²) in [6.45, 7) is 13.7. The summed E-state index contributed by atoms with van der Waals surface area (Å²) in [5.74, 6) is 0.556. The molecule has 0 fully saturated rings. The molecule has 0 spiro atoms. The van der Waals surface area contributed by atoms with E-state index in [4.69, 9.17) is 0 Å². The summed E-state index contributed by atoms with van der Waals surface area (Å²) in [6, 6.07) is 15.0. The fraction of sp³-hybridized carbons (Fsp3) is 0.455. The number of hydrogen-bond donors (Lipinski definition) is 2. The van der Waals surface area contributed by atoms with Gasteiger partial charge in [-0.05, 0) is 52.6 Å². The van der Waals surface area contributed by atoms with Crippen molar-refractivity contribution < 1.29 is 10.2 Å². The minimum Gasteiger partial charge on any atom is -0.508 e. The molecule has 0 radical (unpaired) electrons. The van der Waals surface area contributed by atoms with Crippen molar-refractivity contribution in [3.8, 4) is 11.5 Å². The van der Waals surface area contributed by atoms with Crippen LogP contribution < -0.4 is 0 Å². The van der Waals surface area contributed by atoms with E-state index in [0.717, 1.165) is 6.42 Å². The lowest BCUT2D eigenvalue weighted by atomic mass is 9.55. The van der Waals surface area contributed by atoms with Gasteiger partial charge in [-0.25, -0.2) is 0 Å². The van der Waals surface area contributed by atoms with Gasteiger partial charge >= 0.3 is 0 Å². The first-order valence-electron chi connectivity index (χ1n) is 8.55. The summed E-state index contributed by atoms with van der Waals surface area (Å²) in [7, 11) is 0. The van der Waals surface area contributed by atoms with Gasteiger partial charge in [0.25, 0.3) is 0 Å². The molecule has 2 heteroatoms. The van der Waals surface area contributed by atoms with Gasteiger partial charge in [-0.3, -0.25) is 0 Å². The Balaban J connectivity index is 2.64. The Morgan fingerprint density at radius 1 is 0.625 bits per heavy atom. The Bertz CT molecular complexity index is 628. The second-order valence-electron chi connectivity index (χ2n) is 8.84. The Labute approximate surface area is 146 Å². The molecule has 0 aliphatic rings. The lowest BCUT2D eigenvalue weighted by Gasteiger charge is -2.48. The maximum absolute atomic E-state index is 9.69. The average Bonchev–Trinajstić information content (AvgIpc) is 2.45. The zero-order valence-corrected chi connectivity index (χ0v) is 15.7. The minimum atomic E-state index is -0.248. The van der Waals surface area contributed by atoms with Crippen LogP contribution in [0.4, 0.5) is 0 Å². The van der Waals surface area contributed by atoms with Crippen LogP contribution in [-0.4, -0.2) is 10.2 Å². The van der Waals surface area contributed by atoms with Gasteiger partial charge in [-0.15, -0.1) is 0 Å². The minimum absolute atomic E-state index is 0.0286. The van der Waals surface area contributed by atoms with Crippen molar-refractivity contribution in [2.24, 2.45) is 10.8 Å². The van der Waals surface area contributed by atoms with Gasteiger partial charge in [0.1, 0.15) is 11.5 Å². The number of benzene rings is 2. The standard InChI is InChI=1S/C22H30O2/c1-20(2,3)15-21(4,5)22(6,16-7-11-18(23)12-8-16)17-9-13-19(24)14-10-17/h7-14,23-24H,15H2,1-6H3. The van der Waals surface area contributed by atoms with Gasteiger partial charge in [-0.1, -0.05) is 65.8 Å². The van der Waals surface area contributed by atoms with E-state index >= 15 is 0 Å². The highest BCUT2D eigenvalue weighted by molar-refractivity contribution is 5.44. The van der Waals surface area contributed by atoms with Crippen LogP contribution in [-0.2, 0) is 5.41 Å². The normalized spacial score (nSPS) is 13.1. The molecule has 0 amide bonds. The smallest absolute Gasteiger partial charge is 0.115 e. The van der Waals surface area contributed by atoms with E-state index in [2.05, 4.69) is 41.5 Å². The van der Waals surface area contributed by atoms with Crippen LogP contribution in [0.5, 0.6) is 11.5 Å². The fourth-order valence-electron chi connectivity index (χ4n) is 4.04. The van der Waals surface area contributed by atoms with Crippen LogP contribution in [0.25, 0.3) is 0 Å². The molecule has 0 saturated heterocycles. The summed E-state index contributed by atoms with van der Waals surface area (Å²) >= 11 is 0. The summed E-state index contributed by atoms with van der Waals surface area (Å²) < 4.78 is 0. The van der Waals surface area contributed by atoms with Gasteiger partial charge in [-0.2, -0.15) is 0 Å². The van der Waals surface area contributed by atoms with Crippen molar-refractivity contribution in [1.82, 2.24) is 0 Å². The maximum Gasteiger partial charge on any atom is 0.115 e. The van der Waals surface area contributed by atoms with Gasteiger partial charge in [0.15, 0.2) is 0 Å². The molecule has 2 aromatic rings. The Morgan fingerprint density at radius 3 is 1.25 bits per heavy atom. The fourth-order valence-corrected chi connectivity index (χ4v) is 4.04. The second-order valence-corrected chi connectivity index (χ2v) is 8.84. The topological polar surface area (TPSA) is 40.5 Å². The molecular formula is C22H30O2. The summed E-state index contributed by atoms with van der Waals surface area (Å²) in [4.78, 5) is 0. The van der Waals surface area contributed by atoms with Gasteiger partial charge in [0.05, 0.1) is 0 Å². The van der Waals surface area contributed by atoms with Crippen molar-refractivity contribution in [1.29, 1.82) is 0 Å². The third kappa shape index (κ3) is 3.58. The first-order chi connectivity index (χ1) is 11.0. The average molecular weight is 326 g/mol. The van der Waals surface area contributed by atoms with Crippen LogP contribution >= 0.6 is 0 Å². The molecule has 0 bridgehead atoms. The molecule has 2 aromatic carbocycles. The van der Waals surface area contributed by atoms with Crippen LogP contribution in [0.1, 0.15) is 59.1 Å². The third-order valence-electron chi connectivity index (χ3n) is 5.22. The van der Waals surface area contributed by atoms with Gasteiger partial charge in [0, 0.05) is 5.41 Å². The molecule has 2 N–H and O–H groups in total. The number of aromatic hydroxyl groups is 2. The van der Waals surface area contributed by atoms with Crippen LogP contribution in [0, 0.1) is 10.8 Å². The quantitative estimate of drug-likeness (QED) is 0.738. The van der Waals surface area contributed by atoms with Gasteiger partial charge in [0.2, 0.25) is 0 Å². The molecule has 130 valence electrons. The zero-order valence-electron chi connectivity index (χ0n) is 15.7. The van der Waals surface area contributed by atoms with Crippen molar-refractivity contribution >= 4 is 0 Å². The van der Waals surface area contributed by atoms with Gasteiger partial charge < -0.3 is 10.2 Å². The van der Waals surface area contributed by atoms with E-state index in [1.54, 1.807) is 24.3 Å². The Morgan fingerprint density at radius 2 is 0.958 bits per heavy atom. The summed E-state index contributed by atoms with van der Waals surface area (Å²) in [6.07, 6.45) is 1.04. The number of rotatable bonds is 4. The van der Waals surface area contributed by atoms with Crippen LogP contribution in [0.3, 0.4) is 0 Å². The highest BCUT2D eigenvalue weighted by Gasteiger charge is 2.45. The van der Waals surface area contributed by atoms with E-state index in [9.17, 15) is 10.2 Å². The zero-order chi connectivity index (χ0) is 18.2. The molecule has 0 aliphatic carbocycles. The van der Waals surface area contributed by atoms with Crippen molar-refractivity contribution in [3.63, 3.8) is 0 Å². The third-order valence-corrected chi connectivity index (χ3v) is 5.22. The molecule has 2 rings (SSSR count). The summed E-state index contributed by atoms with van der Waals surface area (Å²) in [5, 5.41) is 19.4. The lowest BCUT2D eigenvalue weighted by molar-refractivity contribution is 0.133. The predicted molar refractivity (Wildman–Crippen MR) is 101 cm³/mol. The highest BCUT2D eigenvalue weighted by atomic mass is 16.3. The Kier molecular flexibility index (Phi) is 4.72. The number of phenols is 2. The molecule has 0 atom stereocenters. The van der Waals surface area contributed by atoms with Crippen molar-refractivity contribution in [2.75, 3.05) is 0 Å². The van der Waals surface area contributed by atoms with E-state index in [1.165, 1.54) is 11.1 Å². The molecular weight excluding hydrogens is 296 g/mol. The maximum atomic E-state index is 9.69. The summed E-state index contributed by atoms with van der Waals surface area (Å²) in [5.41, 5.74) is 2.25. The van der Waals surface area contributed by atoms with Crippen LogP contribution in [0.2, 0.25) is 0 Å². The lowest BCUT2D eigenvalue weighted by Crippen LogP contribution is -2.42. The first-order valence-corrected chi connectivity index (χ1v) is 8.55. The Hall–Kier alpha value is -1.96. The SMILES string of the molecule is CC(C)(C)CC(C)(C)C(C)(c1ccc(O)cc1)c1ccc(O)cc1. The second kappa shape index (κ2) is 6.16. The monoisotopic (exact) mass is 326 g/mol. The molecule has 0 aromatic heterocycles. The van der Waals surface area contributed by atoms with Crippen molar-refractivity contribution in [2.45, 2.75) is 53.4 Å². The van der Waals surface area contributed by atoms with Crippen molar-refractivity contribution in [3.05, 3.63) is 59.7 Å². The number of phenolic OH excluding ortho intramolecular Hbond substituents is 2. The van der Waals surface area contributed by atoms with E-state index in [1.807, 2.05) is 24.3 Å². The highest BCUT2D eigenvalue weighted by Crippen LogP contribution is 2.52. The molecule has 2 nitrogen and oxygen atoms in total. The number of hydrogen-bond acceptors (Lipinski definition) is 2. The molecule has 0 heterocycles. The predicted octanol–water partition coefficient (Wildman–Crippen LogP) is 5.87. The molecule has 0 unspecified atom stereocenters. The largest absolute Gasteiger partial charge is 0.508 e. The molecule has 24 heavy (non-hydrogen) atoms. The molecule has 0 saturated carbocycles. The van der Waals surface area contributed by atoms with E-state index in [-0.39, 0.29) is 27.7 Å². The van der Waals surface area contributed by atoms with Crippen LogP contribution in [0.15, 0.2) is 48.5 Å². The van der Waals surface area contributed by atoms with E-state index < -0.39 is 0 Å². The first kappa shape index (κ1) is 18.4. The molecule has 0 aliphatic heterocycles. The van der Waals surface area contributed by atoms with E-state index in [0.29, 0.717) is 0 Å².